The largest absolute Gasteiger partial charge is 0.504 e. The lowest BCUT2D eigenvalue weighted by molar-refractivity contribution is -0.140. The molecule has 3 rings (SSSR count). The van der Waals surface area contributed by atoms with Gasteiger partial charge in [0.05, 0.1) is 5.88 Å². The topological polar surface area (TPSA) is 127 Å². The molecule has 0 aromatic heterocycles. The third-order valence-electron chi connectivity index (χ3n) is 5.77. The highest BCUT2D eigenvalue weighted by Gasteiger charge is 2.38. The number of rotatable bonds is 7. The number of aliphatic hydroxyl groups is 1. The summed E-state index contributed by atoms with van der Waals surface area (Å²) < 4.78 is 0. The van der Waals surface area contributed by atoms with Gasteiger partial charge in [-0.1, -0.05) is 37.1 Å². The van der Waals surface area contributed by atoms with Gasteiger partial charge in [0.15, 0.2) is 11.5 Å². The van der Waals surface area contributed by atoms with Gasteiger partial charge in [0.1, 0.15) is 18.2 Å². The van der Waals surface area contributed by atoms with E-state index in [-0.39, 0.29) is 28.9 Å². The van der Waals surface area contributed by atoms with Crippen molar-refractivity contribution in [2.75, 3.05) is 11.6 Å². The lowest BCUT2D eigenvalue weighted by Gasteiger charge is -2.28. The Bertz CT molecular complexity index is 846. The van der Waals surface area contributed by atoms with Crippen LogP contribution in [0.15, 0.2) is 18.2 Å². The molecule has 3 atom stereocenters. The third-order valence-corrected chi connectivity index (χ3v) is 8.09. The summed E-state index contributed by atoms with van der Waals surface area (Å²) in [4.78, 5) is 39.7. The Morgan fingerprint density at radius 1 is 1.19 bits per heavy atom. The monoisotopic (exact) mass is 482 g/mol. The van der Waals surface area contributed by atoms with Crippen LogP contribution in [0.5, 0.6) is 11.5 Å². The first-order chi connectivity index (χ1) is 15.3. The summed E-state index contributed by atoms with van der Waals surface area (Å²) in [6.07, 6.45) is 4.05. The van der Waals surface area contributed by atoms with Crippen LogP contribution in [-0.4, -0.2) is 72.2 Å². The minimum Gasteiger partial charge on any atom is -0.504 e. The molecule has 1 saturated heterocycles. The lowest BCUT2D eigenvalue weighted by atomic mass is 10.0. The van der Waals surface area contributed by atoms with Crippen molar-refractivity contribution in [2.24, 2.45) is 0 Å². The second-order valence-corrected chi connectivity index (χ2v) is 10.6. The van der Waals surface area contributed by atoms with Crippen LogP contribution >= 0.6 is 23.5 Å². The molecular weight excluding hydrogens is 452 g/mol. The van der Waals surface area contributed by atoms with Gasteiger partial charge in [0.25, 0.3) is 0 Å². The Morgan fingerprint density at radius 3 is 2.59 bits per heavy atom. The molecule has 1 aromatic carbocycles. The van der Waals surface area contributed by atoms with Crippen LogP contribution in [0.3, 0.4) is 0 Å². The molecule has 176 valence electrons. The summed E-state index contributed by atoms with van der Waals surface area (Å²) in [5.41, 5.74) is 0.461. The van der Waals surface area contributed by atoms with Crippen molar-refractivity contribution in [2.45, 2.75) is 68.9 Å². The minimum absolute atomic E-state index is 0.0148. The minimum atomic E-state index is -1.43. The van der Waals surface area contributed by atoms with E-state index in [0.717, 1.165) is 25.7 Å². The summed E-state index contributed by atoms with van der Waals surface area (Å²) >= 11 is 2.88. The number of phenolic OH excluding ortho intramolecular Hbond substituents is 2. The van der Waals surface area contributed by atoms with E-state index in [1.807, 2.05) is 0 Å². The normalized spacial score (nSPS) is 21.2. The summed E-state index contributed by atoms with van der Waals surface area (Å²) in [5.74, 6) is -0.744. The van der Waals surface area contributed by atoms with Gasteiger partial charge in [0.2, 0.25) is 16.9 Å². The fourth-order valence-corrected chi connectivity index (χ4v) is 6.45. The highest BCUT2D eigenvalue weighted by Crippen LogP contribution is 2.33. The molecule has 2 aliphatic rings. The van der Waals surface area contributed by atoms with Crippen molar-refractivity contribution in [1.29, 1.82) is 0 Å². The predicted molar refractivity (Wildman–Crippen MR) is 125 cm³/mol. The van der Waals surface area contributed by atoms with Crippen LogP contribution in [0.25, 0.3) is 0 Å². The Balaban J connectivity index is 1.53. The second kappa shape index (κ2) is 11.3. The van der Waals surface area contributed by atoms with Gasteiger partial charge in [-0.15, -0.1) is 11.8 Å². The van der Waals surface area contributed by atoms with E-state index >= 15 is 0 Å². The summed E-state index contributed by atoms with van der Waals surface area (Å²) in [6, 6.07) is 2.64. The van der Waals surface area contributed by atoms with Gasteiger partial charge in [0, 0.05) is 17.4 Å². The number of thioether (sulfide) groups is 2. The molecule has 1 saturated carbocycles. The highest BCUT2D eigenvalue weighted by atomic mass is 32.2. The maximum Gasteiger partial charge on any atom is 0.249 e. The zero-order valence-electron chi connectivity index (χ0n) is 18.0. The van der Waals surface area contributed by atoms with E-state index in [4.69, 9.17) is 0 Å². The van der Waals surface area contributed by atoms with Crippen molar-refractivity contribution in [3.05, 3.63) is 23.8 Å². The number of nitrogens with zero attached hydrogens (tertiary/aromatic N) is 1. The van der Waals surface area contributed by atoms with E-state index < -0.39 is 24.1 Å². The lowest BCUT2D eigenvalue weighted by Crippen LogP contribution is -2.52. The van der Waals surface area contributed by atoms with Gasteiger partial charge in [-0.25, -0.2) is 0 Å². The molecule has 0 radical (unpaired) electrons. The molecule has 1 aromatic rings. The Labute approximate surface area is 196 Å². The zero-order chi connectivity index (χ0) is 23.3. The van der Waals surface area contributed by atoms with Gasteiger partial charge >= 0.3 is 0 Å². The molecule has 3 unspecified atom stereocenters. The van der Waals surface area contributed by atoms with E-state index in [1.54, 1.807) is 0 Å². The Kier molecular flexibility index (Phi) is 8.72. The molecule has 32 heavy (non-hydrogen) atoms. The maximum absolute atomic E-state index is 12.9. The van der Waals surface area contributed by atoms with Crippen LogP contribution in [0.1, 0.15) is 44.6 Å². The van der Waals surface area contributed by atoms with Gasteiger partial charge < -0.3 is 25.5 Å². The number of benzene rings is 1. The van der Waals surface area contributed by atoms with Gasteiger partial charge in [-0.05, 0) is 37.5 Å². The number of carbonyl (C=O) groups excluding carboxylic acids is 3. The average molecular weight is 483 g/mol. The number of carbonyl (C=O) groups is 3. The standard InChI is InChI=1S/C22H30N2O6S2/c1-13(23-20(28)19(27)10-14-7-8-17(25)18(26)9-14)21(29)24-12-31-11-16(24)22(30)32-15-5-3-2-4-6-15/h7-9,13,15-16,19,25-27H,2-6,10-12H2,1H3,(H,23,28). The quantitative estimate of drug-likeness (QED) is 0.435. The number of amides is 2. The Hall–Kier alpha value is -1.91. The van der Waals surface area contributed by atoms with Crippen LogP contribution < -0.4 is 5.32 Å². The molecule has 0 spiro atoms. The first-order valence-electron chi connectivity index (χ1n) is 10.8. The fourth-order valence-electron chi connectivity index (χ4n) is 3.91. The van der Waals surface area contributed by atoms with Crippen LogP contribution in [-0.2, 0) is 20.8 Å². The average Bonchev–Trinajstić information content (AvgIpc) is 3.26. The van der Waals surface area contributed by atoms with Crippen LogP contribution in [0, 0.1) is 0 Å². The zero-order valence-corrected chi connectivity index (χ0v) is 19.7. The molecular formula is C22H30N2O6S2. The van der Waals surface area contributed by atoms with E-state index in [1.165, 1.54) is 60.0 Å². The molecule has 8 nitrogen and oxygen atoms in total. The first kappa shape index (κ1) is 24.7. The number of aliphatic hydroxyl groups excluding tert-OH is 1. The van der Waals surface area contributed by atoms with Crippen LogP contribution in [0.2, 0.25) is 0 Å². The predicted octanol–water partition coefficient (Wildman–Crippen LogP) is 2.00. The Morgan fingerprint density at radius 2 is 1.91 bits per heavy atom. The smallest absolute Gasteiger partial charge is 0.249 e. The fraction of sp³-hybridized carbons (Fsp3) is 0.591. The van der Waals surface area contributed by atoms with Crippen molar-refractivity contribution in [1.82, 2.24) is 10.2 Å². The summed E-state index contributed by atoms with van der Waals surface area (Å²) in [5, 5.41) is 32.0. The number of hydrogen-bond donors (Lipinski definition) is 4. The second-order valence-electron chi connectivity index (χ2n) is 8.29. The SMILES string of the molecule is CC(NC(=O)C(O)Cc1ccc(O)c(O)c1)C(=O)N1CSCC1C(=O)SC1CCCCC1. The molecule has 2 amide bonds. The molecule has 1 aliphatic carbocycles. The van der Waals surface area contributed by atoms with Crippen molar-refractivity contribution in [3.63, 3.8) is 0 Å². The van der Waals surface area contributed by atoms with Gasteiger partial charge in [-0.2, -0.15) is 0 Å². The van der Waals surface area contributed by atoms with Crippen molar-refractivity contribution >= 4 is 40.5 Å². The molecule has 4 N–H and O–H groups in total. The third kappa shape index (κ3) is 6.32. The molecule has 0 bridgehead atoms. The maximum atomic E-state index is 12.9. The van der Waals surface area contributed by atoms with Gasteiger partial charge in [-0.3, -0.25) is 14.4 Å². The number of nitrogens with one attached hydrogen (secondary N) is 1. The highest BCUT2D eigenvalue weighted by molar-refractivity contribution is 8.14. The van der Waals surface area contributed by atoms with Crippen molar-refractivity contribution in [3.8, 4) is 11.5 Å². The number of phenols is 2. The molecule has 1 heterocycles. The molecule has 2 fully saturated rings. The number of aromatic hydroxyl groups is 2. The summed E-state index contributed by atoms with van der Waals surface area (Å²) in [7, 11) is 0. The van der Waals surface area contributed by atoms with E-state index in [9.17, 15) is 29.7 Å². The molecule has 10 heteroatoms. The summed E-state index contributed by atoms with van der Waals surface area (Å²) in [6.45, 7) is 1.54. The first-order valence-corrected chi connectivity index (χ1v) is 12.9. The van der Waals surface area contributed by atoms with Crippen LogP contribution in [0.4, 0.5) is 0 Å². The number of hydrogen-bond acceptors (Lipinski definition) is 8. The van der Waals surface area contributed by atoms with E-state index in [0.29, 0.717) is 22.4 Å². The van der Waals surface area contributed by atoms with E-state index in [2.05, 4.69) is 5.32 Å². The molecule has 1 aliphatic heterocycles. The van der Waals surface area contributed by atoms with Crippen molar-refractivity contribution < 1.29 is 29.7 Å².